The number of halogens is 1. The van der Waals surface area contributed by atoms with Crippen LogP contribution in [0.5, 0.6) is 0 Å². The molecule has 2 aromatic rings. The number of aliphatic hydroxyl groups excluding tert-OH is 1. The lowest BCUT2D eigenvalue weighted by molar-refractivity contribution is 0.356. The van der Waals surface area contributed by atoms with E-state index in [1.807, 2.05) is 48.5 Å². The summed E-state index contributed by atoms with van der Waals surface area (Å²) >= 11 is 4.69. The molecular weight excluding hydrogens is 376 g/mol. The number of nitrogens with two attached hydrogens (primary N) is 2. The maximum atomic E-state index is 9.10. The number of benzene rings is 2. The van der Waals surface area contributed by atoms with Gasteiger partial charge in [-0.3, -0.25) is 5.14 Å². The number of hydrogen-bond acceptors (Lipinski definition) is 4. The van der Waals surface area contributed by atoms with Crippen LogP contribution in [0.2, 0.25) is 0 Å². The number of aliphatic imine (C=N–C) groups is 2. The lowest BCUT2D eigenvalue weighted by Crippen LogP contribution is -2.19. The molecule has 2 rings (SSSR count). The largest absolute Gasteiger partial charge is 0.388 e. The minimum atomic E-state index is -0.308. The Balaban J connectivity index is 2.33. The van der Waals surface area contributed by atoms with Crippen LogP contribution in [0.4, 0.5) is 5.69 Å². The van der Waals surface area contributed by atoms with Gasteiger partial charge < -0.3 is 10.8 Å². The van der Waals surface area contributed by atoms with Crippen molar-refractivity contribution in [1.29, 1.82) is 0 Å². The minimum absolute atomic E-state index is 0.130. The van der Waals surface area contributed by atoms with Crippen molar-refractivity contribution < 1.29 is 5.11 Å². The van der Waals surface area contributed by atoms with Crippen molar-refractivity contribution in [1.82, 2.24) is 0 Å². The fraction of sp³-hybridized carbons (Fsp3) is 0.125. The quantitative estimate of drug-likeness (QED) is 0.413. The Hall–Kier alpha value is -1.67. The smallest absolute Gasteiger partial charge is 0.135 e. The predicted molar refractivity (Wildman–Crippen MR) is 100 cm³/mol. The third kappa shape index (κ3) is 5.47. The predicted octanol–water partition coefficient (Wildman–Crippen LogP) is 3.04. The van der Waals surface area contributed by atoms with Crippen LogP contribution in [-0.4, -0.2) is 23.4 Å². The number of amidine groups is 2. The molecule has 0 fully saturated rings. The van der Waals surface area contributed by atoms with Gasteiger partial charge in [0.1, 0.15) is 18.3 Å². The molecule has 0 aliphatic carbocycles. The molecule has 5 N–H and O–H groups in total. The molecule has 120 valence electrons. The molecular formula is C16H17BrN4OS. The average Bonchev–Trinajstić information content (AvgIpc) is 2.57. The number of aliphatic hydroxyl groups is 1. The topological polar surface area (TPSA) is 97.0 Å². The van der Waals surface area contributed by atoms with Crippen LogP contribution in [0, 0.1) is 0 Å². The third-order valence-electron chi connectivity index (χ3n) is 2.97. The highest BCUT2D eigenvalue weighted by atomic mass is 79.9. The zero-order valence-electron chi connectivity index (χ0n) is 12.3. The maximum absolute atomic E-state index is 9.10. The van der Waals surface area contributed by atoms with E-state index in [4.69, 9.17) is 16.0 Å². The molecule has 7 heteroatoms. The van der Waals surface area contributed by atoms with E-state index in [0.29, 0.717) is 12.3 Å². The van der Waals surface area contributed by atoms with Gasteiger partial charge in [-0.15, -0.1) is 0 Å². The van der Waals surface area contributed by atoms with Crippen LogP contribution in [-0.2, 0) is 6.42 Å². The third-order valence-corrected chi connectivity index (χ3v) is 4.29. The zero-order valence-corrected chi connectivity index (χ0v) is 14.7. The van der Waals surface area contributed by atoms with Gasteiger partial charge in [0.15, 0.2) is 0 Å². The van der Waals surface area contributed by atoms with Gasteiger partial charge in [-0.05, 0) is 47.8 Å². The summed E-state index contributed by atoms with van der Waals surface area (Å²) in [4.78, 5) is 9.69. The van der Waals surface area contributed by atoms with Gasteiger partial charge in [0.25, 0.3) is 0 Å². The van der Waals surface area contributed by atoms with Gasteiger partial charge in [0, 0.05) is 15.8 Å². The fourth-order valence-corrected chi connectivity index (χ4v) is 2.58. The van der Waals surface area contributed by atoms with Gasteiger partial charge in [-0.1, -0.05) is 34.1 Å². The van der Waals surface area contributed by atoms with Crippen molar-refractivity contribution in [2.75, 3.05) is 6.61 Å². The van der Waals surface area contributed by atoms with E-state index in [0.717, 1.165) is 20.6 Å². The SMILES string of the molecule is NSc1ccc(N=C(Cc2ccccc2Br)N=C(N)CO)cc1. The van der Waals surface area contributed by atoms with Gasteiger partial charge in [-0.2, -0.15) is 0 Å². The Morgan fingerprint density at radius 1 is 1.13 bits per heavy atom. The second-order valence-electron chi connectivity index (χ2n) is 4.67. The first-order chi connectivity index (χ1) is 11.1. The Bertz CT molecular complexity index is 716. The molecule has 0 heterocycles. The molecule has 0 bridgehead atoms. The molecule has 5 nitrogen and oxygen atoms in total. The molecule has 0 amide bonds. The molecule has 0 unspecified atom stereocenters. The molecule has 0 atom stereocenters. The van der Waals surface area contributed by atoms with E-state index in [9.17, 15) is 0 Å². The summed E-state index contributed by atoms with van der Waals surface area (Å²) in [7, 11) is 0. The summed E-state index contributed by atoms with van der Waals surface area (Å²) in [6.07, 6.45) is 0.496. The lowest BCUT2D eigenvalue weighted by atomic mass is 10.1. The lowest BCUT2D eigenvalue weighted by Gasteiger charge is -2.06. The van der Waals surface area contributed by atoms with Gasteiger partial charge >= 0.3 is 0 Å². The second kappa shape index (κ2) is 8.83. The van der Waals surface area contributed by atoms with Crippen LogP contribution in [0.15, 0.2) is 67.9 Å². The van der Waals surface area contributed by atoms with Crippen molar-refractivity contribution in [3.05, 3.63) is 58.6 Å². The maximum Gasteiger partial charge on any atom is 0.135 e. The Morgan fingerprint density at radius 2 is 1.83 bits per heavy atom. The average molecular weight is 393 g/mol. The van der Waals surface area contributed by atoms with Gasteiger partial charge in [0.05, 0.1) is 5.69 Å². The van der Waals surface area contributed by atoms with Crippen LogP contribution in [0.1, 0.15) is 5.56 Å². The standard InChI is InChI=1S/C16H17BrN4OS/c17-14-4-2-1-3-11(14)9-16(21-15(18)10-22)20-12-5-7-13(23-19)8-6-12/h1-8,22H,9-10,19H2,(H2,18,20,21). The normalized spacial score (nSPS) is 12.5. The first-order valence-electron chi connectivity index (χ1n) is 6.84. The molecule has 23 heavy (non-hydrogen) atoms. The van der Waals surface area contributed by atoms with Gasteiger partial charge in [-0.25, -0.2) is 9.98 Å². The summed E-state index contributed by atoms with van der Waals surface area (Å²) in [5, 5.41) is 14.6. The number of hydrogen-bond donors (Lipinski definition) is 3. The molecule has 0 saturated carbocycles. The first-order valence-corrected chi connectivity index (χ1v) is 8.51. The van der Waals surface area contributed by atoms with Gasteiger partial charge in [0.2, 0.25) is 0 Å². The molecule has 0 saturated heterocycles. The molecule has 2 aromatic carbocycles. The Kier molecular flexibility index (Phi) is 6.79. The number of nitrogens with zero attached hydrogens (tertiary/aromatic N) is 2. The van der Waals surface area contributed by atoms with E-state index in [1.165, 1.54) is 11.9 Å². The van der Waals surface area contributed by atoms with E-state index >= 15 is 0 Å². The molecule has 0 aliphatic heterocycles. The molecule has 0 spiro atoms. The van der Waals surface area contributed by atoms with Crippen molar-refractivity contribution >= 4 is 45.2 Å². The summed E-state index contributed by atoms with van der Waals surface area (Å²) in [6.45, 7) is -0.308. The van der Waals surface area contributed by atoms with Crippen LogP contribution in [0.3, 0.4) is 0 Å². The first kappa shape index (κ1) is 17.7. The highest BCUT2D eigenvalue weighted by Crippen LogP contribution is 2.21. The highest BCUT2D eigenvalue weighted by molar-refractivity contribution is 9.10. The summed E-state index contributed by atoms with van der Waals surface area (Å²) in [5.41, 5.74) is 7.44. The van der Waals surface area contributed by atoms with Crippen LogP contribution in [0.25, 0.3) is 0 Å². The molecule has 0 radical (unpaired) electrons. The van der Waals surface area contributed by atoms with Crippen molar-refractivity contribution in [2.45, 2.75) is 11.3 Å². The van der Waals surface area contributed by atoms with E-state index in [2.05, 4.69) is 25.9 Å². The Labute approximate surface area is 147 Å². The minimum Gasteiger partial charge on any atom is -0.388 e. The number of rotatable bonds is 5. The van der Waals surface area contributed by atoms with Crippen molar-refractivity contribution in [3.63, 3.8) is 0 Å². The molecule has 0 aliphatic rings. The summed E-state index contributed by atoms with van der Waals surface area (Å²) in [6, 6.07) is 15.3. The monoisotopic (exact) mass is 392 g/mol. The van der Waals surface area contributed by atoms with Crippen LogP contribution >= 0.6 is 27.9 Å². The van der Waals surface area contributed by atoms with E-state index in [-0.39, 0.29) is 12.4 Å². The van der Waals surface area contributed by atoms with Crippen molar-refractivity contribution in [2.24, 2.45) is 20.9 Å². The van der Waals surface area contributed by atoms with E-state index < -0.39 is 0 Å². The summed E-state index contributed by atoms with van der Waals surface area (Å²) < 4.78 is 0.973. The molecule has 0 aromatic heterocycles. The fourth-order valence-electron chi connectivity index (χ4n) is 1.87. The zero-order chi connectivity index (χ0) is 16.7. The van der Waals surface area contributed by atoms with Crippen LogP contribution < -0.4 is 10.9 Å². The Morgan fingerprint density at radius 3 is 2.43 bits per heavy atom. The summed E-state index contributed by atoms with van der Waals surface area (Å²) in [5.74, 6) is 0.654. The van der Waals surface area contributed by atoms with E-state index in [1.54, 1.807) is 0 Å². The van der Waals surface area contributed by atoms with Crippen molar-refractivity contribution in [3.8, 4) is 0 Å². The second-order valence-corrected chi connectivity index (χ2v) is 6.23. The highest BCUT2D eigenvalue weighted by Gasteiger charge is 2.06.